The number of hydrogen-bond acceptors (Lipinski definition) is 3. The summed E-state index contributed by atoms with van der Waals surface area (Å²) in [6, 6.07) is 10.8. The number of nitrogens with one attached hydrogen (secondary N) is 1. The van der Waals surface area contributed by atoms with Crippen molar-refractivity contribution < 1.29 is 9.90 Å². The molecule has 2 aliphatic heterocycles. The fourth-order valence-electron chi connectivity index (χ4n) is 5.63. The highest BCUT2D eigenvalue weighted by Crippen LogP contribution is 2.54. The Kier molecular flexibility index (Phi) is 5.42. The summed E-state index contributed by atoms with van der Waals surface area (Å²) >= 11 is 0. The van der Waals surface area contributed by atoms with Crippen LogP contribution in [0.25, 0.3) is 0 Å². The van der Waals surface area contributed by atoms with E-state index in [1.807, 2.05) is 11.0 Å². The molecular formula is C22H33N3O2. The first-order valence-electron chi connectivity index (χ1n) is 10.6. The zero-order valence-corrected chi connectivity index (χ0v) is 16.4. The van der Waals surface area contributed by atoms with E-state index in [2.05, 4.69) is 41.4 Å². The third-order valence-corrected chi connectivity index (χ3v) is 6.95. The summed E-state index contributed by atoms with van der Waals surface area (Å²) in [4.78, 5) is 16.9. The minimum absolute atomic E-state index is 0.000888. The van der Waals surface area contributed by atoms with E-state index in [9.17, 15) is 9.90 Å². The topological polar surface area (TPSA) is 55.8 Å². The molecule has 1 aromatic carbocycles. The highest BCUT2D eigenvalue weighted by Gasteiger charge is 2.66. The maximum atomic E-state index is 12.4. The Labute approximate surface area is 162 Å². The zero-order valence-electron chi connectivity index (χ0n) is 16.4. The summed E-state index contributed by atoms with van der Waals surface area (Å²) in [6.07, 6.45) is 6.24. The van der Waals surface area contributed by atoms with Gasteiger partial charge in [-0.3, -0.25) is 4.90 Å². The summed E-state index contributed by atoms with van der Waals surface area (Å²) in [5.74, 6) is 1.05. The van der Waals surface area contributed by atoms with Crippen LogP contribution < -0.4 is 5.32 Å². The third kappa shape index (κ3) is 3.25. The van der Waals surface area contributed by atoms with Crippen LogP contribution in [0.2, 0.25) is 0 Å². The van der Waals surface area contributed by atoms with E-state index in [-0.39, 0.29) is 24.2 Å². The van der Waals surface area contributed by atoms with E-state index in [0.717, 1.165) is 38.5 Å². The Morgan fingerprint density at radius 2 is 1.93 bits per heavy atom. The molecule has 4 rings (SSSR count). The van der Waals surface area contributed by atoms with Crippen molar-refractivity contribution in [1.29, 1.82) is 0 Å². The molecule has 3 fully saturated rings. The van der Waals surface area contributed by atoms with Crippen molar-refractivity contribution in [2.75, 3.05) is 32.8 Å². The van der Waals surface area contributed by atoms with Gasteiger partial charge in [-0.1, -0.05) is 50.1 Å². The second-order valence-electron chi connectivity index (χ2n) is 8.63. The van der Waals surface area contributed by atoms with Crippen LogP contribution in [0.4, 0.5) is 4.79 Å². The molecule has 27 heavy (non-hydrogen) atoms. The lowest BCUT2D eigenvalue weighted by Gasteiger charge is -2.71. The lowest BCUT2D eigenvalue weighted by atomic mass is 9.60. The van der Waals surface area contributed by atoms with E-state index >= 15 is 0 Å². The van der Waals surface area contributed by atoms with Gasteiger partial charge < -0.3 is 15.3 Å². The third-order valence-electron chi connectivity index (χ3n) is 6.95. The molecule has 1 spiro atoms. The molecule has 148 valence electrons. The maximum absolute atomic E-state index is 12.4. The molecule has 2 heterocycles. The number of carbonyl (C=O) groups is 1. The van der Waals surface area contributed by atoms with Crippen LogP contribution in [0.15, 0.2) is 30.3 Å². The van der Waals surface area contributed by atoms with Crippen LogP contribution in [-0.2, 0) is 0 Å². The van der Waals surface area contributed by atoms with Crippen LogP contribution in [0.5, 0.6) is 0 Å². The summed E-state index contributed by atoms with van der Waals surface area (Å²) < 4.78 is 0. The van der Waals surface area contributed by atoms with Gasteiger partial charge in [0.15, 0.2) is 0 Å². The Morgan fingerprint density at radius 1 is 1.22 bits per heavy atom. The summed E-state index contributed by atoms with van der Waals surface area (Å²) in [5.41, 5.74) is 1.30. The number of urea groups is 1. The fraction of sp³-hybridized carbons (Fsp3) is 0.682. The van der Waals surface area contributed by atoms with Gasteiger partial charge in [-0.2, -0.15) is 0 Å². The van der Waals surface area contributed by atoms with Gasteiger partial charge in [0.1, 0.15) is 0 Å². The van der Waals surface area contributed by atoms with Crippen molar-refractivity contribution in [3.05, 3.63) is 35.9 Å². The second-order valence-corrected chi connectivity index (χ2v) is 8.63. The van der Waals surface area contributed by atoms with E-state index in [1.54, 1.807) is 0 Å². The lowest BCUT2D eigenvalue weighted by Crippen LogP contribution is -2.85. The molecular weight excluding hydrogens is 338 g/mol. The first-order valence-corrected chi connectivity index (χ1v) is 10.6. The highest BCUT2D eigenvalue weighted by molar-refractivity contribution is 5.76. The molecule has 2 saturated heterocycles. The Balaban J connectivity index is 1.53. The average molecular weight is 372 g/mol. The molecule has 0 aromatic heterocycles. The van der Waals surface area contributed by atoms with Gasteiger partial charge in [-0.05, 0) is 30.7 Å². The molecule has 1 aromatic rings. The molecule has 1 aliphatic carbocycles. The number of nitrogens with zero attached hydrogens (tertiary/aromatic N) is 2. The van der Waals surface area contributed by atoms with Crippen LogP contribution in [0.3, 0.4) is 0 Å². The molecule has 0 bridgehead atoms. The molecule has 2 N–H and O–H groups in total. The molecule has 0 unspecified atom stereocenters. The largest absolute Gasteiger partial charge is 0.395 e. The van der Waals surface area contributed by atoms with Gasteiger partial charge in [0.05, 0.1) is 12.1 Å². The van der Waals surface area contributed by atoms with Crippen molar-refractivity contribution in [3.63, 3.8) is 0 Å². The van der Waals surface area contributed by atoms with Crippen molar-refractivity contribution in [2.24, 2.45) is 5.92 Å². The smallest absolute Gasteiger partial charge is 0.317 e. The molecule has 5 heteroatoms. The quantitative estimate of drug-likeness (QED) is 0.808. The van der Waals surface area contributed by atoms with Crippen molar-refractivity contribution in [3.8, 4) is 0 Å². The minimum Gasteiger partial charge on any atom is -0.395 e. The van der Waals surface area contributed by atoms with Gasteiger partial charge in [0, 0.05) is 38.1 Å². The van der Waals surface area contributed by atoms with Crippen LogP contribution in [-0.4, -0.2) is 65.3 Å². The maximum Gasteiger partial charge on any atom is 0.317 e. The first kappa shape index (κ1) is 18.8. The molecule has 5 nitrogen and oxygen atoms in total. The molecule has 0 radical (unpaired) electrons. The van der Waals surface area contributed by atoms with Crippen LogP contribution >= 0.6 is 0 Å². The average Bonchev–Trinajstić information content (AvgIpc) is 3.16. The number of rotatable bonds is 6. The minimum atomic E-state index is 0.000888. The lowest BCUT2D eigenvalue weighted by molar-refractivity contribution is -0.182. The fourth-order valence-corrected chi connectivity index (χ4v) is 5.63. The summed E-state index contributed by atoms with van der Waals surface area (Å²) in [7, 11) is 0. The SMILES string of the molecule is CCCNC(=O)N1CC2(C1)[C@@H](c1ccccc1)[C@@H](CO)N2CC1CCCC1. The molecule has 1 saturated carbocycles. The van der Waals surface area contributed by atoms with Crippen LogP contribution in [0, 0.1) is 5.92 Å². The number of hydrogen-bond donors (Lipinski definition) is 2. The number of amides is 2. The van der Waals surface area contributed by atoms with Crippen LogP contribution in [0.1, 0.15) is 50.5 Å². The first-order chi connectivity index (χ1) is 13.2. The van der Waals surface area contributed by atoms with E-state index < -0.39 is 0 Å². The molecule has 2 atom stereocenters. The number of likely N-dealkylation sites (tertiary alicyclic amines) is 2. The Bertz CT molecular complexity index is 638. The number of aliphatic hydroxyl groups is 1. The number of aliphatic hydroxyl groups excluding tert-OH is 1. The van der Waals surface area contributed by atoms with Crippen molar-refractivity contribution in [2.45, 2.75) is 56.5 Å². The van der Waals surface area contributed by atoms with Gasteiger partial charge in [-0.15, -0.1) is 0 Å². The zero-order chi connectivity index (χ0) is 18.9. The van der Waals surface area contributed by atoms with Crippen molar-refractivity contribution in [1.82, 2.24) is 15.1 Å². The normalized spacial score (nSPS) is 27.4. The second kappa shape index (κ2) is 7.80. The van der Waals surface area contributed by atoms with E-state index in [1.165, 1.54) is 31.2 Å². The summed E-state index contributed by atoms with van der Waals surface area (Å²) in [5, 5.41) is 13.2. The predicted molar refractivity (Wildman–Crippen MR) is 107 cm³/mol. The molecule has 2 amide bonds. The van der Waals surface area contributed by atoms with Gasteiger partial charge in [0.2, 0.25) is 0 Å². The Morgan fingerprint density at radius 3 is 2.56 bits per heavy atom. The van der Waals surface area contributed by atoms with Gasteiger partial charge in [-0.25, -0.2) is 4.79 Å². The standard InChI is InChI=1S/C22H33N3O2/c1-2-12-23-21(27)24-15-22(16-24)20(18-10-4-3-5-11-18)19(14-26)25(22)13-17-8-6-7-9-17/h3-5,10-11,17,19-20,26H,2,6-9,12-16H2,1H3,(H,23,27)/t19-,20+/m1/s1. The number of carbonyl (C=O) groups excluding carboxylic acids is 1. The predicted octanol–water partition coefficient (Wildman–Crippen LogP) is 2.81. The Hall–Kier alpha value is -1.59. The van der Waals surface area contributed by atoms with Gasteiger partial charge in [0.25, 0.3) is 0 Å². The highest BCUT2D eigenvalue weighted by atomic mass is 16.3. The molecule has 3 aliphatic rings. The van der Waals surface area contributed by atoms with Gasteiger partial charge >= 0.3 is 6.03 Å². The van der Waals surface area contributed by atoms with Crippen molar-refractivity contribution >= 4 is 6.03 Å². The number of benzene rings is 1. The monoisotopic (exact) mass is 371 g/mol. The van der Waals surface area contributed by atoms with E-state index in [0.29, 0.717) is 5.92 Å². The summed E-state index contributed by atoms with van der Waals surface area (Å²) in [6.45, 7) is 5.60. The van der Waals surface area contributed by atoms with E-state index in [4.69, 9.17) is 0 Å².